The molecule has 0 atom stereocenters. The summed E-state index contributed by atoms with van der Waals surface area (Å²) in [5.74, 6) is 0.218. The Morgan fingerprint density at radius 3 is 2.86 bits per heavy atom. The summed E-state index contributed by atoms with van der Waals surface area (Å²) in [7, 11) is 2.14. The molecule has 1 heterocycles. The summed E-state index contributed by atoms with van der Waals surface area (Å²) >= 11 is 0. The minimum atomic E-state index is -0.393. The fourth-order valence-corrected chi connectivity index (χ4v) is 2.67. The van der Waals surface area contributed by atoms with E-state index < -0.39 is 5.82 Å². The van der Waals surface area contributed by atoms with Crippen LogP contribution in [-0.4, -0.2) is 42.6 Å². The quantitative estimate of drug-likeness (QED) is 0.332. The first-order chi connectivity index (χ1) is 10.1. The molecule has 1 fully saturated rings. The van der Waals surface area contributed by atoms with Crippen LogP contribution in [0.25, 0.3) is 0 Å². The van der Waals surface area contributed by atoms with Gasteiger partial charge in [0.15, 0.2) is 5.84 Å². The van der Waals surface area contributed by atoms with Crippen molar-refractivity contribution in [1.29, 1.82) is 0 Å². The highest BCUT2D eigenvalue weighted by atomic mass is 19.1. The number of likely N-dealkylation sites (tertiary alicyclic amines) is 1. The molecule has 4 N–H and O–H groups in total. The van der Waals surface area contributed by atoms with E-state index >= 15 is 0 Å². The monoisotopic (exact) mass is 294 g/mol. The Labute approximate surface area is 124 Å². The Morgan fingerprint density at radius 2 is 2.19 bits per heavy atom. The van der Waals surface area contributed by atoms with Gasteiger partial charge in [0.05, 0.1) is 0 Å². The average molecular weight is 294 g/mol. The maximum Gasteiger partial charge on any atom is 0.170 e. The number of nitrogens with two attached hydrogens (primary N) is 1. The van der Waals surface area contributed by atoms with Crippen LogP contribution in [0.3, 0.4) is 0 Å². The first kappa shape index (κ1) is 15.7. The molecule has 1 aromatic carbocycles. The van der Waals surface area contributed by atoms with Gasteiger partial charge < -0.3 is 21.2 Å². The van der Waals surface area contributed by atoms with Crippen molar-refractivity contribution < 1.29 is 9.60 Å². The molecule has 0 unspecified atom stereocenters. The van der Waals surface area contributed by atoms with Crippen molar-refractivity contribution in [3.05, 3.63) is 35.1 Å². The highest BCUT2D eigenvalue weighted by Gasteiger charge is 2.16. The van der Waals surface area contributed by atoms with E-state index in [4.69, 9.17) is 10.9 Å². The zero-order valence-corrected chi connectivity index (χ0v) is 12.3. The van der Waals surface area contributed by atoms with E-state index in [1.54, 1.807) is 6.07 Å². The molecule has 5 nitrogen and oxygen atoms in total. The van der Waals surface area contributed by atoms with Crippen molar-refractivity contribution in [2.75, 3.05) is 26.7 Å². The van der Waals surface area contributed by atoms with Gasteiger partial charge in [-0.1, -0.05) is 11.2 Å². The van der Waals surface area contributed by atoms with E-state index in [2.05, 4.69) is 22.4 Å². The first-order valence-electron chi connectivity index (χ1n) is 7.25. The number of hydrogen-bond acceptors (Lipinski definition) is 4. The van der Waals surface area contributed by atoms with E-state index in [0.717, 1.165) is 25.2 Å². The normalized spacial score (nSPS) is 18.1. The third-order valence-electron chi connectivity index (χ3n) is 4.04. The van der Waals surface area contributed by atoms with Crippen LogP contribution < -0.4 is 11.1 Å². The lowest BCUT2D eigenvalue weighted by Gasteiger charge is -2.29. The van der Waals surface area contributed by atoms with Crippen LogP contribution in [0.2, 0.25) is 0 Å². The Kier molecular flexibility index (Phi) is 5.52. The molecular weight excluding hydrogens is 271 g/mol. The number of benzene rings is 1. The molecule has 0 spiro atoms. The molecule has 1 saturated heterocycles. The molecule has 0 aliphatic carbocycles. The zero-order valence-electron chi connectivity index (χ0n) is 12.3. The van der Waals surface area contributed by atoms with E-state index in [0.29, 0.717) is 18.0 Å². The predicted molar refractivity (Wildman–Crippen MR) is 80.8 cm³/mol. The Balaban J connectivity index is 1.91. The van der Waals surface area contributed by atoms with Gasteiger partial charge >= 0.3 is 0 Å². The number of hydrogen-bond donors (Lipinski definition) is 3. The molecule has 21 heavy (non-hydrogen) atoms. The van der Waals surface area contributed by atoms with Crippen LogP contribution >= 0.6 is 0 Å². The van der Waals surface area contributed by atoms with Gasteiger partial charge in [0.1, 0.15) is 5.82 Å². The number of rotatable bonds is 5. The van der Waals surface area contributed by atoms with Gasteiger partial charge in [0.2, 0.25) is 0 Å². The minimum Gasteiger partial charge on any atom is -0.409 e. The van der Waals surface area contributed by atoms with Gasteiger partial charge in [-0.25, -0.2) is 4.39 Å². The number of nitrogens with one attached hydrogen (secondary N) is 1. The highest BCUT2D eigenvalue weighted by molar-refractivity contribution is 5.98. The van der Waals surface area contributed by atoms with E-state index in [1.165, 1.54) is 25.0 Å². The topological polar surface area (TPSA) is 73.9 Å². The molecule has 116 valence electrons. The fraction of sp³-hybridized carbons (Fsp3) is 0.533. The summed E-state index contributed by atoms with van der Waals surface area (Å²) in [6, 6.07) is 4.35. The van der Waals surface area contributed by atoms with Gasteiger partial charge in [-0.15, -0.1) is 0 Å². The summed E-state index contributed by atoms with van der Waals surface area (Å²) in [6.07, 6.45) is 2.39. The lowest BCUT2D eigenvalue weighted by atomic mass is 9.97. The third-order valence-corrected chi connectivity index (χ3v) is 4.04. The number of amidine groups is 1. The van der Waals surface area contributed by atoms with Crippen LogP contribution in [0.15, 0.2) is 23.4 Å². The first-order valence-corrected chi connectivity index (χ1v) is 7.25. The Bertz CT molecular complexity index is 498. The molecule has 0 bridgehead atoms. The van der Waals surface area contributed by atoms with Gasteiger partial charge in [-0.3, -0.25) is 0 Å². The third kappa shape index (κ3) is 4.41. The van der Waals surface area contributed by atoms with Crippen molar-refractivity contribution in [1.82, 2.24) is 10.2 Å². The van der Waals surface area contributed by atoms with Crippen molar-refractivity contribution in [2.24, 2.45) is 16.8 Å². The average Bonchev–Trinajstić information content (AvgIpc) is 2.50. The maximum atomic E-state index is 13.3. The standard InChI is InChI=1S/C15H23FN4O/c1-20-6-4-11(5-7-20)9-18-10-12-2-3-13(16)8-14(12)15(17)19-21/h2-3,8,11,18,21H,4-7,9-10H2,1H3,(H2,17,19). The molecule has 2 rings (SSSR count). The van der Waals surface area contributed by atoms with Crippen LogP contribution in [0.5, 0.6) is 0 Å². The Morgan fingerprint density at radius 1 is 1.48 bits per heavy atom. The largest absolute Gasteiger partial charge is 0.409 e. The second-order valence-corrected chi connectivity index (χ2v) is 5.66. The second-order valence-electron chi connectivity index (χ2n) is 5.66. The SMILES string of the molecule is CN1CCC(CNCc2ccc(F)cc2C(N)=NO)CC1. The summed E-state index contributed by atoms with van der Waals surface area (Å²) in [5.41, 5.74) is 6.87. The zero-order chi connectivity index (χ0) is 15.2. The van der Waals surface area contributed by atoms with E-state index in [-0.39, 0.29) is 5.84 Å². The highest BCUT2D eigenvalue weighted by Crippen LogP contribution is 2.16. The lowest BCUT2D eigenvalue weighted by molar-refractivity contribution is 0.216. The van der Waals surface area contributed by atoms with Crippen molar-refractivity contribution in [3.8, 4) is 0 Å². The van der Waals surface area contributed by atoms with E-state index in [1.807, 2.05) is 0 Å². The summed E-state index contributed by atoms with van der Waals surface area (Å²) < 4.78 is 13.3. The van der Waals surface area contributed by atoms with Gasteiger partial charge in [-0.05, 0) is 63.1 Å². The van der Waals surface area contributed by atoms with Crippen molar-refractivity contribution >= 4 is 5.84 Å². The smallest absolute Gasteiger partial charge is 0.170 e. The number of piperidine rings is 1. The van der Waals surface area contributed by atoms with Gasteiger partial charge in [0, 0.05) is 12.1 Å². The fourth-order valence-electron chi connectivity index (χ4n) is 2.67. The molecule has 0 aromatic heterocycles. The summed E-state index contributed by atoms with van der Waals surface area (Å²) in [5, 5.41) is 15.1. The molecule has 6 heteroatoms. The predicted octanol–water partition coefficient (Wildman–Crippen LogP) is 1.35. The van der Waals surface area contributed by atoms with Crippen LogP contribution in [0.1, 0.15) is 24.0 Å². The minimum absolute atomic E-state index is 0.0643. The molecule has 0 saturated carbocycles. The van der Waals surface area contributed by atoms with Crippen LogP contribution in [0, 0.1) is 11.7 Å². The molecule has 0 amide bonds. The molecule has 0 radical (unpaired) electrons. The van der Waals surface area contributed by atoms with E-state index in [9.17, 15) is 4.39 Å². The Hall–Kier alpha value is -1.66. The second kappa shape index (κ2) is 7.38. The molecular formula is C15H23FN4O. The van der Waals surface area contributed by atoms with Crippen LogP contribution in [-0.2, 0) is 6.54 Å². The summed E-state index contributed by atoms with van der Waals surface area (Å²) in [6.45, 7) is 3.79. The van der Waals surface area contributed by atoms with Crippen molar-refractivity contribution in [2.45, 2.75) is 19.4 Å². The molecule has 1 aliphatic heterocycles. The molecule has 1 aromatic rings. The van der Waals surface area contributed by atoms with Gasteiger partial charge in [0.25, 0.3) is 0 Å². The number of halogens is 1. The number of oxime groups is 1. The molecule has 1 aliphatic rings. The lowest BCUT2D eigenvalue weighted by Crippen LogP contribution is -2.35. The van der Waals surface area contributed by atoms with Crippen molar-refractivity contribution in [3.63, 3.8) is 0 Å². The number of nitrogens with zero attached hydrogens (tertiary/aromatic N) is 2. The van der Waals surface area contributed by atoms with Gasteiger partial charge in [-0.2, -0.15) is 0 Å². The summed E-state index contributed by atoms with van der Waals surface area (Å²) in [4.78, 5) is 2.34. The van der Waals surface area contributed by atoms with Crippen LogP contribution in [0.4, 0.5) is 4.39 Å². The maximum absolute atomic E-state index is 13.3.